The standard InChI is InChI=1S/C26H25F3N4O6S/c1-37-24(35)20-6-5-16(23(34)31-15-22-30-9-12-40-22)13-21(20)32-25(36)33-10-7-17(8-11-33)38-18-3-2-4-19(14-18)39-26(27,28)29/h2-6,9,12-14,17H,7-8,10-11,15H2,1H3,(H,31,34)(H,32,36). The molecule has 2 N–H and O–H groups in total. The molecule has 0 unspecified atom stereocenters. The first-order valence-electron chi connectivity index (χ1n) is 12.1. The number of amides is 3. The van der Waals surface area contributed by atoms with Crippen molar-refractivity contribution < 1.29 is 41.8 Å². The maximum absolute atomic E-state index is 13.0. The van der Waals surface area contributed by atoms with Gasteiger partial charge in [-0.3, -0.25) is 4.79 Å². The predicted octanol–water partition coefficient (Wildman–Crippen LogP) is 4.83. The number of urea groups is 1. The molecule has 40 heavy (non-hydrogen) atoms. The molecule has 0 spiro atoms. The Balaban J connectivity index is 1.36. The van der Waals surface area contributed by atoms with Gasteiger partial charge in [-0.2, -0.15) is 0 Å². The number of alkyl halides is 3. The Morgan fingerprint density at radius 1 is 1.10 bits per heavy atom. The Morgan fingerprint density at radius 3 is 2.52 bits per heavy atom. The Kier molecular flexibility index (Phi) is 9.09. The second-order valence-corrected chi connectivity index (χ2v) is 9.60. The number of carbonyl (C=O) groups is 3. The second-order valence-electron chi connectivity index (χ2n) is 8.62. The van der Waals surface area contributed by atoms with Crippen LogP contribution in [0.15, 0.2) is 54.0 Å². The summed E-state index contributed by atoms with van der Waals surface area (Å²) in [5.74, 6) is -1.27. The van der Waals surface area contributed by atoms with Crippen LogP contribution < -0.4 is 20.1 Å². The number of aromatic nitrogens is 1. The first kappa shape index (κ1) is 28.7. The van der Waals surface area contributed by atoms with Crippen LogP contribution in [-0.4, -0.2) is 60.5 Å². The minimum absolute atomic E-state index is 0.0755. The van der Waals surface area contributed by atoms with E-state index in [0.29, 0.717) is 12.8 Å². The topological polar surface area (TPSA) is 119 Å². The molecule has 0 radical (unpaired) electrons. The minimum Gasteiger partial charge on any atom is -0.490 e. The number of nitrogens with one attached hydrogen (secondary N) is 2. The van der Waals surface area contributed by atoms with Crippen LogP contribution in [0.4, 0.5) is 23.7 Å². The lowest BCUT2D eigenvalue weighted by Crippen LogP contribution is -2.44. The monoisotopic (exact) mass is 578 g/mol. The van der Waals surface area contributed by atoms with E-state index in [1.54, 1.807) is 11.6 Å². The highest BCUT2D eigenvalue weighted by Gasteiger charge is 2.31. The van der Waals surface area contributed by atoms with Crippen molar-refractivity contribution in [2.24, 2.45) is 0 Å². The summed E-state index contributed by atoms with van der Waals surface area (Å²) in [6.45, 7) is 0.807. The van der Waals surface area contributed by atoms with Crippen LogP contribution in [0.1, 0.15) is 38.6 Å². The zero-order chi connectivity index (χ0) is 28.7. The van der Waals surface area contributed by atoms with Crippen molar-refractivity contribution in [3.05, 3.63) is 70.2 Å². The van der Waals surface area contributed by atoms with Crippen molar-refractivity contribution >= 4 is 34.9 Å². The quantitative estimate of drug-likeness (QED) is 0.368. The number of esters is 1. The Bertz CT molecular complexity index is 1340. The van der Waals surface area contributed by atoms with Gasteiger partial charge in [-0.15, -0.1) is 24.5 Å². The number of carbonyl (C=O) groups excluding carboxylic acids is 3. The normalized spacial score (nSPS) is 13.8. The number of thiazole rings is 1. The first-order chi connectivity index (χ1) is 19.1. The van der Waals surface area contributed by atoms with Gasteiger partial charge in [-0.1, -0.05) is 6.07 Å². The van der Waals surface area contributed by atoms with Crippen molar-refractivity contribution in [3.8, 4) is 11.5 Å². The lowest BCUT2D eigenvalue weighted by Gasteiger charge is -2.32. The predicted molar refractivity (Wildman–Crippen MR) is 138 cm³/mol. The van der Waals surface area contributed by atoms with E-state index in [0.717, 1.165) is 11.1 Å². The largest absolute Gasteiger partial charge is 0.573 e. The third kappa shape index (κ3) is 7.85. The molecule has 2 aromatic carbocycles. The summed E-state index contributed by atoms with van der Waals surface area (Å²) >= 11 is 1.39. The summed E-state index contributed by atoms with van der Waals surface area (Å²) in [6, 6.07) is 9.00. The lowest BCUT2D eigenvalue weighted by atomic mass is 10.1. The van der Waals surface area contributed by atoms with Gasteiger partial charge in [0.05, 0.1) is 24.9 Å². The molecular formula is C26H25F3N4O6S. The summed E-state index contributed by atoms with van der Waals surface area (Å²) in [5, 5.41) is 7.94. The van der Waals surface area contributed by atoms with E-state index in [4.69, 9.17) is 9.47 Å². The van der Waals surface area contributed by atoms with E-state index >= 15 is 0 Å². The molecule has 0 bridgehead atoms. The lowest BCUT2D eigenvalue weighted by molar-refractivity contribution is -0.274. The van der Waals surface area contributed by atoms with E-state index in [-0.39, 0.29) is 54.1 Å². The van der Waals surface area contributed by atoms with Crippen molar-refractivity contribution in [2.75, 3.05) is 25.5 Å². The number of halogens is 3. The van der Waals surface area contributed by atoms with E-state index in [1.165, 1.54) is 59.7 Å². The SMILES string of the molecule is COC(=O)c1ccc(C(=O)NCc2nccs2)cc1NC(=O)N1CCC(Oc2cccc(OC(F)(F)F)c2)CC1. The number of rotatable bonds is 8. The van der Waals surface area contributed by atoms with Crippen LogP contribution >= 0.6 is 11.3 Å². The van der Waals surface area contributed by atoms with Crippen LogP contribution in [0, 0.1) is 0 Å². The summed E-state index contributed by atoms with van der Waals surface area (Å²) in [6.07, 6.45) is -2.68. The average molecular weight is 579 g/mol. The van der Waals surface area contributed by atoms with Crippen LogP contribution in [-0.2, 0) is 11.3 Å². The number of anilines is 1. The number of piperidine rings is 1. The van der Waals surface area contributed by atoms with Gasteiger partial charge in [0.1, 0.15) is 22.6 Å². The molecule has 4 rings (SSSR count). The van der Waals surface area contributed by atoms with E-state index < -0.39 is 24.3 Å². The molecule has 3 aromatic rings. The molecule has 1 aliphatic rings. The highest BCUT2D eigenvalue weighted by molar-refractivity contribution is 7.09. The number of benzene rings is 2. The van der Waals surface area contributed by atoms with Gasteiger partial charge in [-0.05, 0) is 30.3 Å². The zero-order valence-electron chi connectivity index (χ0n) is 21.2. The van der Waals surface area contributed by atoms with Gasteiger partial charge in [0.2, 0.25) is 0 Å². The van der Waals surface area contributed by atoms with E-state index in [9.17, 15) is 27.6 Å². The van der Waals surface area contributed by atoms with Crippen LogP contribution in [0.2, 0.25) is 0 Å². The fraction of sp³-hybridized carbons (Fsp3) is 0.308. The smallest absolute Gasteiger partial charge is 0.490 e. The molecule has 1 fully saturated rings. The van der Waals surface area contributed by atoms with Gasteiger partial charge in [-0.25, -0.2) is 14.6 Å². The fourth-order valence-electron chi connectivity index (χ4n) is 3.98. The van der Waals surface area contributed by atoms with Gasteiger partial charge >= 0.3 is 18.4 Å². The third-order valence-corrected chi connectivity index (χ3v) is 6.66. The van der Waals surface area contributed by atoms with E-state index in [2.05, 4.69) is 20.4 Å². The second kappa shape index (κ2) is 12.7. The van der Waals surface area contributed by atoms with Gasteiger partial charge in [0, 0.05) is 49.1 Å². The summed E-state index contributed by atoms with van der Waals surface area (Å²) in [4.78, 5) is 43.6. The molecule has 2 heterocycles. The third-order valence-electron chi connectivity index (χ3n) is 5.88. The molecule has 1 saturated heterocycles. The maximum Gasteiger partial charge on any atom is 0.573 e. The molecule has 1 aromatic heterocycles. The Labute approximate surface area is 231 Å². The molecule has 0 saturated carbocycles. The van der Waals surface area contributed by atoms with E-state index in [1.807, 2.05) is 0 Å². The molecule has 0 atom stereocenters. The van der Waals surface area contributed by atoms with Crippen molar-refractivity contribution in [1.29, 1.82) is 0 Å². The number of methoxy groups -OCH3 is 1. The number of hydrogen-bond acceptors (Lipinski definition) is 8. The average Bonchev–Trinajstić information content (AvgIpc) is 3.45. The number of ether oxygens (including phenoxy) is 3. The van der Waals surface area contributed by atoms with Crippen molar-refractivity contribution in [2.45, 2.75) is 31.9 Å². The zero-order valence-corrected chi connectivity index (χ0v) is 22.0. The molecule has 14 heteroatoms. The molecule has 10 nitrogen and oxygen atoms in total. The maximum atomic E-state index is 13.0. The summed E-state index contributed by atoms with van der Waals surface area (Å²) < 4.78 is 52.0. The van der Waals surface area contributed by atoms with Crippen molar-refractivity contribution in [3.63, 3.8) is 0 Å². The molecular weight excluding hydrogens is 553 g/mol. The van der Waals surface area contributed by atoms with Crippen LogP contribution in [0.25, 0.3) is 0 Å². The molecule has 3 amide bonds. The first-order valence-corrected chi connectivity index (χ1v) is 13.0. The Hall–Kier alpha value is -4.33. The fourth-order valence-corrected chi connectivity index (χ4v) is 4.54. The summed E-state index contributed by atoms with van der Waals surface area (Å²) in [7, 11) is 1.21. The number of nitrogens with zero attached hydrogens (tertiary/aromatic N) is 2. The highest BCUT2D eigenvalue weighted by Crippen LogP contribution is 2.28. The van der Waals surface area contributed by atoms with Gasteiger partial charge < -0.3 is 29.7 Å². The Morgan fingerprint density at radius 2 is 1.85 bits per heavy atom. The van der Waals surface area contributed by atoms with Crippen molar-refractivity contribution in [1.82, 2.24) is 15.2 Å². The van der Waals surface area contributed by atoms with Gasteiger partial charge in [0.15, 0.2) is 0 Å². The van der Waals surface area contributed by atoms with Crippen LogP contribution in [0.5, 0.6) is 11.5 Å². The molecule has 0 aliphatic carbocycles. The highest BCUT2D eigenvalue weighted by atomic mass is 32.1. The van der Waals surface area contributed by atoms with Gasteiger partial charge in [0.25, 0.3) is 5.91 Å². The summed E-state index contributed by atoms with van der Waals surface area (Å²) in [5.41, 5.74) is 0.411. The minimum atomic E-state index is -4.81. The molecule has 1 aliphatic heterocycles. The molecule has 212 valence electrons. The van der Waals surface area contributed by atoms with Crippen LogP contribution in [0.3, 0.4) is 0 Å². The number of hydrogen-bond donors (Lipinski definition) is 2. The number of likely N-dealkylation sites (tertiary alicyclic amines) is 1.